The Morgan fingerprint density at radius 1 is 1.45 bits per heavy atom. The van der Waals surface area contributed by atoms with Crippen molar-refractivity contribution in [3.63, 3.8) is 0 Å². The second kappa shape index (κ2) is 8.10. The summed E-state index contributed by atoms with van der Waals surface area (Å²) >= 11 is 6.14. The molecule has 1 aromatic heterocycles. The molecule has 0 bridgehead atoms. The summed E-state index contributed by atoms with van der Waals surface area (Å²) in [6, 6.07) is 1.94. The number of nitrogens with zero attached hydrogens (tertiary/aromatic N) is 2. The van der Waals surface area contributed by atoms with Gasteiger partial charge in [-0.25, -0.2) is 4.98 Å². The first-order valence-electron chi connectivity index (χ1n) is 7.25. The van der Waals surface area contributed by atoms with Gasteiger partial charge in [0.05, 0.1) is 10.6 Å². The molecule has 0 aromatic carbocycles. The standard InChI is InChI=1S/C15H24ClN3O/c1-5-8-17-14-9-12(13(16)10-18-14)15(20)19(7-3)11(4)6-2/h9-11H,5-8H2,1-4H3,(H,17,18). The highest BCUT2D eigenvalue weighted by Gasteiger charge is 2.21. The fourth-order valence-corrected chi connectivity index (χ4v) is 2.17. The largest absolute Gasteiger partial charge is 0.370 e. The third kappa shape index (κ3) is 4.10. The first-order chi connectivity index (χ1) is 9.54. The van der Waals surface area contributed by atoms with Crippen LogP contribution < -0.4 is 5.32 Å². The molecule has 1 N–H and O–H groups in total. The van der Waals surface area contributed by atoms with Gasteiger partial charge in [-0.3, -0.25) is 4.79 Å². The number of carbonyl (C=O) groups is 1. The van der Waals surface area contributed by atoms with Crippen molar-refractivity contribution in [2.24, 2.45) is 0 Å². The van der Waals surface area contributed by atoms with Crippen LogP contribution in [0.15, 0.2) is 12.3 Å². The van der Waals surface area contributed by atoms with Gasteiger partial charge in [-0.2, -0.15) is 0 Å². The molecule has 1 unspecified atom stereocenters. The predicted molar refractivity (Wildman–Crippen MR) is 84.5 cm³/mol. The molecule has 4 nitrogen and oxygen atoms in total. The number of pyridine rings is 1. The monoisotopic (exact) mass is 297 g/mol. The summed E-state index contributed by atoms with van der Waals surface area (Å²) in [7, 11) is 0. The average molecular weight is 298 g/mol. The van der Waals surface area contributed by atoms with Gasteiger partial charge in [0.2, 0.25) is 0 Å². The lowest BCUT2D eigenvalue weighted by atomic mass is 10.1. The number of carbonyl (C=O) groups excluding carboxylic acids is 1. The minimum Gasteiger partial charge on any atom is -0.370 e. The van der Waals surface area contributed by atoms with Gasteiger partial charge in [0.15, 0.2) is 0 Å². The van der Waals surface area contributed by atoms with Crippen LogP contribution in [0.4, 0.5) is 5.82 Å². The fraction of sp³-hybridized carbons (Fsp3) is 0.600. The summed E-state index contributed by atoms with van der Waals surface area (Å²) < 4.78 is 0. The first kappa shape index (κ1) is 16.8. The number of aromatic nitrogens is 1. The zero-order chi connectivity index (χ0) is 15.1. The SMILES string of the molecule is CCCNc1cc(C(=O)N(CC)C(C)CC)c(Cl)cn1. The molecule has 1 rings (SSSR count). The molecular weight excluding hydrogens is 274 g/mol. The number of rotatable bonds is 7. The van der Waals surface area contributed by atoms with Crippen LogP contribution >= 0.6 is 11.6 Å². The molecule has 0 aliphatic rings. The van der Waals surface area contributed by atoms with Crippen molar-refractivity contribution in [1.82, 2.24) is 9.88 Å². The van der Waals surface area contributed by atoms with Crippen molar-refractivity contribution in [3.8, 4) is 0 Å². The molecule has 0 radical (unpaired) electrons. The van der Waals surface area contributed by atoms with E-state index in [2.05, 4.69) is 24.1 Å². The van der Waals surface area contributed by atoms with Gasteiger partial charge in [-0.15, -0.1) is 0 Å². The van der Waals surface area contributed by atoms with Gasteiger partial charge in [-0.1, -0.05) is 25.4 Å². The molecule has 112 valence electrons. The molecule has 1 amide bonds. The van der Waals surface area contributed by atoms with Crippen LogP contribution in [0.5, 0.6) is 0 Å². The Morgan fingerprint density at radius 3 is 2.70 bits per heavy atom. The minimum absolute atomic E-state index is 0.0335. The Labute approximate surface area is 126 Å². The third-order valence-electron chi connectivity index (χ3n) is 3.37. The van der Waals surface area contributed by atoms with Gasteiger partial charge in [0, 0.05) is 25.3 Å². The van der Waals surface area contributed by atoms with Crippen molar-refractivity contribution in [2.45, 2.75) is 46.6 Å². The Morgan fingerprint density at radius 2 is 2.15 bits per heavy atom. The highest BCUT2D eigenvalue weighted by Crippen LogP contribution is 2.21. The molecule has 20 heavy (non-hydrogen) atoms. The molecule has 0 saturated carbocycles. The van der Waals surface area contributed by atoms with Crippen LogP contribution in [0, 0.1) is 0 Å². The van der Waals surface area contributed by atoms with Crippen LogP contribution in [0.25, 0.3) is 0 Å². The van der Waals surface area contributed by atoms with Gasteiger partial charge < -0.3 is 10.2 Å². The van der Waals surface area contributed by atoms with Crippen molar-refractivity contribution in [2.75, 3.05) is 18.4 Å². The quantitative estimate of drug-likeness (QED) is 0.832. The van der Waals surface area contributed by atoms with Crippen molar-refractivity contribution < 1.29 is 4.79 Å². The van der Waals surface area contributed by atoms with E-state index in [0.29, 0.717) is 22.9 Å². The predicted octanol–water partition coefficient (Wildman–Crippen LogP) is 3.82. The summed E-state index contributed by atoms with van der Waals surface area (Å²) in [6.07, 6.45) is 3.46. The zero-order valence-electron chi connectivity index (χ0n) is 12.7. The van der Waals surface area contributed by atoms with Crippen LogP contribution in [0.1, 0.15) is 50.9 Å². The van der Waals surface area contributed by atoms with Crippen molar-refractivity contribution in [3.05, 3.63) is 22.8 Å². The van der Waals surface area contributed by atoms with Crippen LogP contribution in [-0.4, -0.2) is 34.9 Å². The summed E-state index contributed by atoms with van der Waals surface area (Å²) in [5.74, 6) is 0.661. The van der Waals surface area contributed by atoms with E-state index >= 15 is 0 Å². The molecule has 0 spiro atoms. The Hall–Kier alpha value is -1.29. The van der Waals surface area contributed by atoms with Gasteiger partial charge >= 0.3 is 0 Å². The number of hydrogen-bond donors (Lipinski definition) is 1. The van der Waals surface area contributed by atoms with E-state index in [0.717, 1.165) is 19.4 Å². The maximum absolute atomic E-state index is 12.6. The Bertz CT molecular complexity index is 451. The van der Waals surface area contributed by atoms with E-state index in [4.69, 9.17) is 11.6 Å². The molecule has 0 saturated heterocycles. The maximum Gasteiger partial charge on any atom is 0.255 e. The zero-order valence-corrected chi connectivity index (χ0v) is 13.5. The molecule has 1 atom stereocenters. The molecule has 0 fully saturated rings. The molecule has 1 aromatic rings. The van der Waals surface area contributed by atoms with E-state index in [1.807, 2.05) is 18.7 Å². The number of halogens is 1. The second-order valence-electron chi connectivity index (χ2n) is 4.82. The van der Waals surface area contributed by atoms with Gasteiger partial charge in [0.25, 0.3) is 5.91 Å². The lowest BCUT2D eigenvalue weighted by Crippen LogP contribution is -2.38. The number of hydrogen-bond acceptors (Lipinski definition) is 3. The Kier molecular flexibility index (Phi) is 6.79. The Balaban J connectivity index is 3.01. The number of amides is 1. The van der Waals surface area contributed by atoms with Crippen molar-refractivity contribution >= 4 is 23.3 Å². The highest BCUT2D eigenvalue weighted by atomic mass is 35.5. The van der Waals surface area contributed by atoms with E-state index in [9.17, 15) is 4.79 Å². The second-order valence-corrected chi connectivity index (χ2v) is 5.23. The maximum atomic E-state index is 12.6. The van der Waals surface area contributed by atoms with Crippen molar-refractivity contribution in [1.29, 1.82) is 0 Å². The lowest BCUT2D eigenvalue weighted by molar-refractivity contribution is 0.0700. The molecule has 5 heteroatoms. The van der Waals surface area contributed by atoms with Gasteiger partial charge in [-0.05, 0) is 32.8 Å². The van der Waals surface area contributed by atoms with E-state index in [1.165, 1.54) is 6.20 Å². The molecule has 0 aliphatic heterocycles. The van der Waals surface area contributed by atoms with E-state index in [1.54, 1.807) is 6.07 Å². The summed E-state index contributed by atoms with van der Waals surface area (Å²) in [6.45, 7) is 9.68. The smallest absolute Gasteiger partial charge is 0.255 e. The van der Waals surface area contributed by atoms with Crippen LogP contribution in [0.2, 0.25) is 5.02 Å². The number of anilines is 1. The summed E-state index contributed by atoms with van der Waals surface area (Å²) in [5, 5.41) is 3.58. The third-order valence-corrected chi connectivity index (χ3v) is 3.67. The average Bonchev–Trinajstić information content (AvgIpc) is 2.46. The van der Waals surface area contributed by atoms with Crippen LogP contribution in [-0.2, 0) is 0 Å². The minimum atomic E-state index is -0.0335. The van der Waals surface area contributed by atoms with E-state index in [-0.39, 0.29) is 11.9 Å². The molecule has 1 heterocycles. The topological polar surface area (TPSA) is 45.2 Å². The summed E-state index contributed by atoms with van der Waals surface area (Å²) in [4.78, 5) is 18.6. The van der Waals surface area contributed by atoms with Crippen LogP contribution in [0.3, 0.4) is 0 Å². The lowest BCUT2D eigenvalue weighted by Gasteiger charge is -2.27. The van der Waals surface area contributed by atoms with E-state index < -0.39 is 0 Å². The highest BCUT2D eigenvalue weighted by molar-refractivity contribution is 6.33. The normalized spacial score (nSPS) is 12.1. The first-order valence-corrected chi connectivity index (χ1v) is 7.63. The summed E-state index contributed by atoms with van der Waals surface area (Å²) in [5.41, 5.74) is 0.516. The molecule has 0 aliphatic carbocycles. The fourth-order valence-electron chi connectivity index (χ4n) is 1.98. The molecular formula is C15H24ClN3O. The van der Waals surface area contributed by atoms with Gasteiger partial charge in [0.1, 0.15) is 5.82 Å². The number of nitrogens with one attached hydrogen (secondary N) is 1.